The van der Waals surface area contributed by atoms with Crippen molar-refractivity contribution >= 4 is 11.8 Å². The molecular formula is C11H21N5OS. The molecule has 6 nitrogen and oxygen atoms in total. The number of thioether (sulfide) groups is 1. The summed E-state index contributed by atoms with van der Waals surface area (Å²) in [4.78, 5) is 0. The van der Waals surface area contributed by atoms with Crippen molar-refractivity contribution in [1.29, 1.82) is 0 Å². The topological polar surface area (TPSA) is 64.9 Å². The third-order valence-electron chi connectivity index (χ3n) is 2.64. The molecule has 1 N–H and O–H groups in total. The third-order valence-corrected chi connectivity index (χ3v) is 3.56. The van der Waals surface area contributed by atoms with Crippen LogP contribution in [-0.2, 0) is 11.3 Å². The van der Waals surface area contributed by atoms with Gasteiger partial charge in [0.1, 0.15) is 0 Å². The predicted molar refractivity (Wildman–Crippen MR) is 70.7 cm³/mol. The number of rotatable bonds is 10. The number of hydrogen-bond donors (Lipinski definition) is 1. The van der Waals surface area contributed by atoms with E-state index in [1.807, 2.05) is 4.68 Å². The number of ether oxygens (including phenoxy) is 1. The normalized spacial score (nSPS) is 15.2. The van der Waals surface area contributed by atoms with Crippen LogP contribution in [0.3, 0.4) is 0 Å². The largest absolute Gasteiger partial charge is 0.381 e. The molecule has 1 aliphatic carbocycles. The molecule has 0 spiro atoms. The molecule has 0 aliphatic heterocycles. The minimum atomic E-state index is 0.736. The van der Waals surface area contributed by atoms with Crippen molar-refractivity contribution in [3.05, 3.63) is 0 Å². The molecule has 1 aromatic heterocycles. The highest BCUT2D eigenvalue weighted by Crippen LogP contribution is 2.18. The molecule has 0 radical (unpaired) electrons. The Bertz CT molecular complexity index is 342. The van der Waals surface area contributed by atoms with Crippen LogP contribution in [0.1, 0.15) is 26.2 Å². The lowest BCUT2D eigenvalue weighted by atomic mass is 10.5. The second-order valence-electron chi connectivity index (χ2n) is 4.37. The molecule has 0 saturated heterocycles. The van der Waals surface area contributed by atoms with Crippen LogP contribution in [-0.4, -0.2) is 51.8 Å². The summed E-state index contributed by atoms with van der Waals surface area (Å²) in [5.41, 5.74) is 0. The summed E-state index contributed by atoms with van der Waals surface area (Å²) in [5.74, 6) is 0.899. The van der Waals surface area contributed by atoms with E-state index in [0.717, 1.165) is 49.7 Å². The molecule has 0 unspecified atom stereocenters. The van der Waals surface area contributed by atoms with Gasteiger partial charge in [-0.3, -0.25) is 0 Å². The van der Waals surface area contributed by atoms with E-state index in [-0.39, 0.29) is 0 Å². The van der Waals surface area contributed by atoms with Gasteiger partial charge in [0.2, 0.25) is 5.16 Å². The summed E-state index contributed by atoms with van der Waals surface area (Å²) in [6.07, 6.45) is 3.69. The smallest absolute Gasteiger partial charge is 0.209 e. The maximum absolute atomic E-state index is 5.43. The lowest BCUT2D eigenvalue weighted by Crippen LogP contribution is -2.22. The van der Waals surface area contributed by atoms with E-state index in [9.17, 15) is 0 Å². The van der Waals surface area contributed by atoms with Gasteiger partial charge in [0.25, 0.3) is 0 Å². The number of tetrazole rings is 1. The first-order chi connectivity index (χ1) is 8.90. The molecule has 102 valence electrons. The maximum atomic E-state index is 5.43. The van der Waals surface area contributed by atoms with Gasteiger partial charge in [-0.25, -0.2) is 4.68 Å². The van der Waals surface area contributed by atoms with E-state index in [1.165, 1.54) is 12.8 Å². The van der Waals surface area contributed by atoms with Crippen LogP contribution >= 0.6 is 11.8 Å². The van der Waals surface area contributed by atoms with Crippen molar-refractivity contribution < 1.29 is 4.74 Å². The van der Waals surface area contributed by atoms with E-state index < -0.39 is 0 Å². The Morgan fingerprint density at radius 3 is 3.11 bits per heavy atom. The van der Waals surface area contributed by atoms with Crippen LogP contribution in [0.15, 0.2) is 5.16 Å². The highest BCUT2D eigenvalue weighted by Gasteiger charge is 2.19. The highest BCUT2D eigenvalue weighted by molar-refractivity contribution is 7.99. The lowest BCUT2D eigenvalue weighted by molar-refractivity contribution is 0.151. The molecule has 0 amide bonds. The van der Waals surface area contributed by atoms with E-state index in [2.05, 4.69) is 27.8 Å². The van der Waals surface area contributed by atoms with Gasteiger partial charge >= 0.3 is 0 Å². The van der Waals surface area contributed by atoms with Crippen molar-refractivity contribution in [1.82, 2.24) is 25.5 Å². The Morgan fingerprint density at radius 1 is 1.44 bits per heavy atom. The van der Waals surface area contributed by atoms with E-state index in [0.29, 0.717) is 0 Å². The minimum Gasteiger partial charge on any atom is -0.381 e. The average molecular weight is 271 g/mol. The Balaban J connectivity index is 1.62. The molecule has 7 heteroatoms. The third kappa shape index (κ3) is 4.91. The average Bonchev–Trinajstić information content (AvgIpc) is 3.09. The van der Waals surface area contributed by atoms with Gasteiger partial charge in [-0.1, -0.05) is 18.7 Å². The fraction of sp³-hybridized carbons (Fsp3) is 0.909. The Kier molecular flexibility index (Phi) is 5.89. The van der Waals surface area contributed by atoms with Crippen molar-refractivity contribution in [2.75, 3.05) is 25.5 Å². The molecule has 0 atom stereocenters. The van der Waals surface area contributed by atoms with Crippen molar-refractivity contribution in [3.63, 3.8) is 0 Å². The fourth-order valence-electron chi connectivity index (χ4n) is 1.54. The van der Waals surface area contributed by atoms with Crippen LogP contribution in [0.2, 0.25) is 0 Å². The quantitative estimate of drug-likeness (QED) is 0.505. The molecule has 1 aliphatic rings. The zero-order chi connectivity index (χ0) is 12.6. The summed E-state index contributed by atoms with van der Waals surface area (Å²) < 4.78 is 7.29. The zero-order valence-electron chi connectivity index (χ0n) is 10.8. The molecule has 1 fully saturated rings. The first-order valence-corrected chi connectivity index (χ1v) is 7.59. The summed E-state index contributed by atoms with van der Waals surface area (Å²) in [6, 6.07) is 0.736. The second-order valence-corrected chi connectivity index (χ2v) is 5.44. The van der Waals surface area contributed by atoms with Crippen LogP contribution in [0.4, 0.5) is 0 Å². The molecule has 1 aromatic rings. The molecule has 0 aromatic carbocycles. The minimum absolute atomic E-state index is 0.736. The van der Waals surface area contributed by atoms with Gasteiger partial charge in [-0.05, 0) is 29.7 Å². The molecule has 2 rings (SSSR count). The van der Waals surface area contributed by atoms with E-state index in [1.54, 1.807) is 11.8 Å². The molecular weight excluding hydrogens is 250 g/mol. The van der Waals surface area contributed by atoms with Gasteiger partial charge < -0.3 is 10.1 Å². The van der Waals surface area contributed by atoms with Gasteiger partial charge in [0.05, 0.1) is 13.2 Å². The standard InChI is InChI=1S/C11H21N5OS/c1-2-7-17-8-9-18-11-13-14-15-16(11)6-5-12-10-3-4-10/h10,12H,2-9H2,1H3. The maximum Gasteiger partial charge on any atom is 0.209 e. The van der Waals surface area contributed by atoms with E-state index in [4.69, 9.17) is 4.74 Å². The second kappa shape index (κ2) is 7.70. The summed E-state index contributed by atoms with van der Waals surface area (Å²) in [6.45, 7) is 5.47. The SMILES string of the molecule is CCCOCCSc1nnnn1CCNC1CC1. The van der Waals surface area contributed by atoms with Gasteiger partial charge in [0.15, 0.2) is 0 Å². The molecule has 1 heterocycles. The zero-order valence-corrected chi connectivity index (χ0v) is 11.7. The fourth-order valence-corrected chi connectivity index (χ4v) is 2.30. The first kappa shape index (κ1) is 13.8. The molecule has 0 bridgehead atoms. The van der Waals surface area contributed by atoms with Gasteiger partial charge in [-0.2, -0.15) is 0 Å². The van der Waals surface area contributed by atoms with Gasteiger partial charge in [0, 0.05) is 24.9 Å². The Hall–Kier alpha value is -0.660. The molecule has 1 saturated carbocycles. The predicted octanol–water partition coefficient (Wildman–Crippen LogP) is 0.944. The number of aromatic nitrogens is 4. The summed E-state index contributed by atoms with van der Waals surface area (Å²) >= 11 is 1.65. The summed E-state index contributed by atoms with van der Waals surface area (Å²) in [7, 11) is 0. The van der Waals surface area contributed by atoms with Crippen LogP contribution < -0.4 is 5.32 Å². The Labute approximate surface area is 112 Å². The number of nitrogens with one attached hydrogen (secondary N) is 1. The van der Waals surface area contributed by atoms with Crippen molar-refractivity contribution in [3.8, 4) is 0 Å². The number of nitrogens with zero attached hydrogens (tertiary/aromatic N) is 4. The lowest BCUT2D eigenvalue weighted by Gasteiger charge is -2.05. The summed E-state index contributed by atoms with van der Waals surface area (Å²) in [5, 5.41) is 16.1. The highest BCUT2D eigenvalue weighted by atomic mass is 32.2. The number of hydrogen-bond acceptors (Lipinski definition) is 6. The van der Waals surface area contributed by atoms with Crippen molar-refractivity contribution in [2.45, 2.75) is 43.9 Å². The first-order valence-electron chi connectivity index (χ1n) is 6.60. The van der Waals surface area contributed by atoms with E-state index >= 15 is 0 Å². The monoisotopic (exact) mass is 271 g/mol. The molecule has 18 heavy (non-hydrogen) atoms. The van der Waals surface area contributed by atoms with Crippen LogP contribution in [0.25, 0.3) is 0 Å². The van der Waals surface area contributed by atoms with Crippen LogP contribution in [0, 0.1) is 0 Å². The Morgan fingerprint density at radius 2 is 2.33 bits per heavy atom. The van der Waals surface area contributed by atoms with Gasteiger partial charge in [-0.15, -0.1) is 5.10 Å². The van der Waals surface area contributed by atoms with Crippen LogP contribution in [0.5, 0.6) is 0 Å². The van der Waals surface area contributed by atoms with Crippen molar-refractivity contribution in [2.24, 2.45) is 0 Å².